The van der Waals surface area contributed by atoms with E-state index in [-0.39, 0.29) is 28.5 Å². The van der Waals surface area contributed by atoms with Crippen LogP contribution in [0.15, 0.2) is 0 Å². The molecule has 0 spiro atoms. The Morgan fingerprint density at radius 2 is 0.893 bits per heavy atom. The first kappa shape index (κ1) is 36.3. The Hall–Kier alpha value is 0.930. The lowest BCUT2D eigenvalue weighted by atomic mass is 10.0. The van der Waals surface area contributed by atoms with E-state index in [4.69, 9.17) is 0 Å². The predicted octanol–water partition coefficient (Wildman–Crippen LogP) is 7.68. The summed E-state index contributed by atoms with van der Waals surface area (Å²) in [5.41, 5.74) is -2.95. The molecule has 0 aromatic heterocycles. The summed E-state index contributed by atoms with van der Waals surface area (Å²) in [5.74, 6) is 3.55. The van der Waals surface area contributed by atoms with Gasteiger partial charge < -0.3 is 28.2 Å². The van der Waals surface area contributed by atoms with Crippen LogP contribution in [-0.4, -0.2) is 21.3 Å². The molecule has 0 amide bonds. The van der Waals surface area contributed by atoms with Crippen molar-refractivity contribution in [3.05, 3.63) is 0 Å². The van der Waals surface area contributed by atoms with Crippen LogP contribution in [0, 0.1) is 11.8 Å². The van der Waals surface area contributed by atoms with Crippen LogP contribution in [-0.2, 0) is 10.1 Å². The molecule has 0 aliphatic carbocycles. The Morgan fingerprint density at radius 1 is 0.607 bits per heavy atom. The number of hydrogen-bond donors (Lipinski definition) is 6. The second-order valence-electron chi connectivity index (χ2n) is 8.28. The smallest absolute Gasteiger partial charge is 0.198 e. The molecule has 0 fully saturated rings. The van der Waals surface area contributed by atoms with E-state index in [1.54, 1.807) is 0 Å². The second kappa shape index (κ2) is 22.6. The topological polar surface area (TPSA) is 145 Å². The summed E-state index contributed by atoms with van der Waals surface area (Å²) in [7, 11) is -0.284. The van der Waals surface area contributed by atoms with Gasteiger partial charge in [-0.25, -0.2) is 0 Å². The van der Waals surface area contributed by atoms with E-state index >= 15 is 0 Å². The fourth-order valence-corrected chi connectivity index (χ4v) is 8.53. The molecule has 8 heteroatoms. The highest BCUT2D eigenvalue weighted by Crippen LogP contribution is 2.47. The van der Waals surface area contributed by atoms with Gasteiger partial charge >= 0.3 is 0 Å². The molecule has 0 radical (unpaired) electrons. The standard InChI is InChI=1S/C20H45O2PS2.3H3N/c1-19(2)15-11-7-5-9-13-17-25(23(21,22)24)18-14-10-6-8-12-16-20(3)4;;;/h19-22,24H,5-18H2,1-4H3;3*1H3. The van der Waals surface area contributed by atoms with E-state index in [0.29, 0.717) is 0 Å². The van der Waals surface area contributed by atoms with Gasteiger partial charge in [-0.2, -0.15) is 0 Å². The van der Waals surface area contributed by atoms with Crippen molar-refractivity contribution in [2.45, 2.75) is 105 Å². The van der Waals surface area contributed by atoms with Gasteiger partial charge in [0.05, 0.1) is 0 Å². The quantitative estimate of drug-likeness (QED) is 0.0789. The van der Waals surface area contributed by atoms with Crippen LogP contribution < -0.4 is 18.5 Å². The molecule has 0 aliphatic rings. The van der Waals surface area contributed by atoms with Crippen LogP contribution >= 0.6 is 17.9 Å². The number of unbranched alkanes of at least 4 members (excludes halogenated alkanes) is 8. The molecular formula is C20H54N3O2PS2. The van der Waals surface area contributed by atoms with Gasteiger partial charge in [0.15, 0.2) is 5.69 Å². The van der Waals surface area contributed by atoms with Gasteiger partial charge in [0.2, 0.25) is 0 Å². The van der Waals surface area contributed by atoms with Crippen LogP contribution in [0.1, 0.15) is 105 Å². The Balaban J connectivity index is -0.000000960. The van der Waals surface area contributed by atoms with Crippen molar-refractivity contribution < 1.29 is 9.79 Å². The number of thiol groups is 1. The van der Waals surface area contributed by atoms with E-state index in [9.17, 15) is 9.79 Å². The van der Waals surface area contributed by atoms with Crippen LogP contribution in [0.25, 0.3) is 0 Å². The summed E-state index contributed by atoms with van der Waals surface area (Å²) in [5, 5.41) is 0. The Morgan fingerprint density at radius 3 is 1.18 bits per heavy atom. The van der Waals surface area contributed by atoms with Crippen molar-refractivity contribution in [2.75, 3.05) is 11.5 Å². The van der Waals surface area contributed by atoms with Crippen molar-refractivity contribution in [1.29, 1.82) is 0 Å². The first-order valence-electron chi connectivity index (χ1n) is 10.5. The normalized spacial score (nSPS) is 11.4. The highest BCUT2D eigenvalue weighted by Gasteiger charge is 2.10. The van der Waals surface area contributed by atoms with Gasteiger partial charge in [-0.05, 0) is 36.2 Å². The lowest BCUT2D eigenvalue weighted by Gasteiger charge is -2.16. The summed E-state index contributed by atoms with van der Waals surface area (Å²) in [6.07, 6.45) is 15.3. The zero-order chi connectivity index (χ0) is 19.1. The predicted molar refractivity (Wildman–Crippen MR) is 138 cm³/mol. The van der Waals surface area contributed by atoms with Crippen LogP contribution in [0.4, 0.5) is 0 Å². The maximum atomic E-state index is 10.0. The summed E-state index contributed by atoms with van der Waals surface area (Å²) >= 11 is 4.15. The molecule has 0 aromatic rings. The molecule has 178 valence electrons. The molecular weight excluding hydrogens is 409 g/mol. The second-order valence-corrected chi connectivity index (χ2v) is 16.6. The molecule has 0 saturated carbocycles. The van der Waals surface area contributed by atoms with Crippen LogP contribution in [0.2, 0.25) is 0 Å². The van der Waals surface area contributed by atoms with Crippen LogP contribution in [0.5, 0.6) is 0 Å². The van der Waals surface area contributed by atoms with E-state index in [2.05, 4.69) is 39.9 Å². The lowest BCUT2D eigenvalue weighted by molar-refractivity contribution is 0.501. The molecule has 28 heavy (non-hydrogen) atoms. The summed E-state index contributed by atoms with van der Waals surface area (Å²) in [6.45, 7) is 9.14. The Labute approximate surface area is 184 Å². The van der Waals surface area contributed by atoms with Gasteiger partial charge in [0.1, 0.15) is 0 Å². The fraction of sp³-hybridized carbons (Fsp3) is 1.00. The first-order valence-corrected chi connectivity index (χ1v) is 15.5. The van der Waals surface area contributed by atoms with Gasteiger partial charge in [0, 0.05) is 0 Å². The summed E-state index contributed by atoms with van der Waals surface area (Å²) in [4.78, 5) is 20.0. The van der Waals surface area contributed by atoms with E-state index in [1.165, 1.54) is 64.2 Å². The van der Waals surface area contributed by atoms with Gasteiger partial charge in [-0.1, -0.05) is 104 Å². The number of rotatable bonds is 16. The van der Waals surface area contributed by atoms with Crippen molar-refractivity contribution in [3.8, 4) is 0 Å². The largest absolute Gasteiger partial charge is 0.344 e. The molecule has 0 unspecified atom stereocenters. The molecule has 11 N–H and O–H groups in total. The molecule has 0 saturated heterocycles. The van der Waals surface area contributed by atoms with Crippen molar-refractivity contribution in [3.63, 3.8) is 0 Å². The third-order valence-electron chi connectivity index (χ3n) is 4.67. The Kier molecular flexibility index (Phi) is 29.3. The van der Waals surface area contributed by atoms with E-state index in [0.717, 1.165) is 36.2 Å². The molecule has 0 atom stereocenters. The van der Waals surface area contributed by atoms with Crippen LogP contribution in [0.3, 0.4) is 0 Å². The zero-order valence-electron chi connectivity index (χ0n) is 19.4. The van der Waals surface area contributed by atoms with E-state index in [1.807, 2.05) is 0 Å². The monoisotopic (exact) mass is 463 g/mol. The van der Waals surface area contributed by atoms with Gasteiger partial charge in [0.25, 0.3) is 0 Å². The average Bonchev–Trinajstić information content (AvgIpc) is 2.49. The third kappa shape index (κ3) is 25.0. The average molecular weight is 464 g/mol. The fourth-order valence-electron chi connectivity index (χ4n) is 3.05. The lowest BCUT2D eigenvalue weighted by Crippen LogP contribution is -2.04. The van der Waals surface area contributed by atoms with E-state index < -0.39 is 5.69 Å². The maximum absolute atomic E-state index is 10.0. The van der Waals surface area contributed by atoms with Crippen molar-refractivity contribution in [2.24, 2.45) is 11.8 Å². The highest BCUT2D eigenvalue weighted by atomic mass is 32.9. The van der Waals surface area contributed by atoms with Crippen molar-refractivity contribution >= 4 is 28.0 Å². The molecule has 0 aliphatic heterocycles. The summed E-state index contributed by atoms with van der Waals surface area (Å²) in [6, 6.07) is 0. The molecule has 0 bridgehead atoms. The SMILES string of the molecule is CC(C)CCCCCCCS(CCCCCCCC(C)C)=P(O)(O)S.N.N.N. The summed E-state index contributed by atoms with van der Waals surface area (Å²) < 4.78 is 0. The molecule has 0 heterocycles. The zero-order valence-corrected chi connectivity index (χ0v) is 22.0. The number of hydrogen-bond acceptors (Lipinski definition) is 3. The third-order valence-corrected chi connectivity index (χ3v) is 12.1. The minimum atomic E-state index is -2.95. The molecule has 5 nitrogen and oxygen atoms in total. The highest BCUT2D eigenvalue weighted by molar-refractivity contribution is 8.65. The Bertz CT molecular complexity index is 346. The minimum Gasteiger partial charge on any atom is -0.344 e. The van der Waals surface area contributed by atoms with Crippen molar-refractivity contribution in [1.82, 2.24) is 18.5 Å². The minimum absolute atomic E-state index is 0. The maximum Gasteiger partial charge on any atom is 0.198 e. The first-order chi connectivity index (χ1) is 11.7. The van der Waals surface area contributed by atoms with Gasteiger partial charge in [-0.15, -0.1) is 10.1 Å². The molecule has 0 aromatic carbocycles. The van der Waals surface area contributed by atoms with Gasteiger partial charge in [-0.3, -0.25) is 0 Å². The molecule has 0 rings (SSSR count).